The van der Waals surface area contributed by atoms with Crippen LogP contribution in [0.25, 0.3) is 0 Å². The second kappa shape index (κ2) is 4.14. The van der Waals surface area contributed by atoms with Crippen LogP contribution in [0.5, 0.6) is 0 Å². The molecule has 0 spiro atoms. The van der Waals surface area contributed by atoms with Crippen LogP contribution in [0, 0.1) is 17.0 Å². The average Bonchev–Trinajstić information content (AvgIpc) is 2.15. The number of hydrogen-bond acceptors (Lipinski definition) is 4. The summed E-state index contributed by atoms with van der Waals surface area (Å²) in [5.74, 6) is 0. The molecule has 0 aromatic heterocycles. The van der Waals surface area contributed by atoms with E-state index < -0.39 is 31.8 Å². The third kappa shape index (κ3) is 2.52. The first kappa shape index (κ1) is 12.5. The van der Waals surface area contributed by atoms with Gasteiger partial charge in [-0.3, -0.25) is 14.7 Å². The fraction of sp³-hybridized carbons (Fsp3) is 0.250. The van der Waals surface area contributed by atoms with Gasteiger partial charge >= 0.3 is 10.1 Å². The maximum atomic E-state index is 13.2. The predicted octanol–water partition coefficient (Wildman–Crippen LogP) is 1.76. The zero-order valence-electron chi connectivity index (χ0n) is 8.12. The maximum absolute atomic E-state index is 13.2. The van der Waals surface area contributed by atoms with Gasteiger partial charge in [0.1, 0.15) is 0 Å². The van der Waals surface area contributed by atoms with Crippen molar-refractivity contribution in [2.45, 2.75) is 12.4 Å². The van der Waals surface area contributed by atoms with Crippen molar-refractivity contribution in [2.24, 2.45) is 0 Å². The molecule has 0 heterocycles. The summed E-state index contributed by atoms with van der Waals surface area (Å²) in [4.78, 5) is 9.76. The Hall–Kier alpha value is -1.54. The van der Waals surface area contributed by atoms with Crippen molar-refractivity contribution >= 4 is 15.8 Å². The van der Waals surface area contributed by atoms with Crippen molar-refractivity contribution in [1.29, 1.82) is 0 Å². The number of nitro groups is 1. The Morgan fingerprint density at radius 1 is 1.50 bits per heavy atom. The molecule has 8 heteroatoms. The first-order chi connectivity index (χ1) is 7.23. The minimum atomic E-state index is -4.90. The minimum Gasteiger partial charge on any atom is -0.283 e. The lowest BCUT2D eigenvalue weighted by atomic mass is 10.1. The molecule has 1 N–H and O–H groups in total. The molecule has 0 fully saturated rings. The Bertz CT molecular complexity index is 527. The van der Waals surface area contributed by atoms with Gasteiger partial charge in [-0.05, 0) is 6.92 Å². The van der Waals surface area contributed by atoms with Gasteiger partial charge in [0.15, 0.2) is 0 Å². The summed E-state index contributed by atoms with van der Waals surface area (Å²) < 4.78 is 42.6. The second-order valence-corrected chi connectivity index (χ2v) is 4.58. The Kier molecular flexibility index (Phi) is 3.24. The van der Waals surface area contributed by atoms with Gasteiger partial charge in [-0.15, -0.1) is 0 Å². The molecule has 0 aliphatic heterocycles. The summed E-state index contributed by atoms with van der Waals surface area (Å²) in [5.41, 5.74) is -3.27. The van der Waals surface area contributed by atoms with E-state index in [9.17, 15) is 22.9 Å². The highest BCUT2D eigenvalue weighted by Crippen LogP contribution is 2.28. The largest absolute Gasteiger partial charge is 0.301 e. The zero-order chi connectivity index (χ0) is 12.5. The van der Waals surface area contributed by atoms with Gasteiger partial charge in [-0.25, -0.2) is 4.39 Å². The molecule has 0 saturated heterocycles. The van der Waals surface area contributed by atoms with Gasteiger partial charge in [-0.1, -0.05) is 12.1 Å². The Morgan fingerprint density at radius 2 is 2.06 bits per heavy atom. The molecule has 1 rings (SSSR count). The molecule has 0 aliphatic carbocycles. The van der Waals surface area contributed by atoms with E-state index in [1.54, 1.807) is 0 Å². The number of aryl methyl sites for hydroxylation is 1. The third-order valence-corrected chi connectivity index (χ3v) is 2.75. The summed E-state index contributed by atoms with van der Waals surface area (Å²) in [6, 6.07) is 3.07. The van der Waals surface area contributed by atoms with Crippen molar-refractivity contribution in [1.82, 2.24) is 0 Å². The first-order valence-corrected chi connectivity index (χ1v) is 5.59. The molecule has 1 aromatic carbocycles. The molecule has 88 valence electrons. The Balaban J connectivity index is 3.29. The molecule has 1 aromatic rings. The number of hydrogen-bond donors (Lipinski definition) is 1. The van der Waals surface area contributed by atoms with Crippen molar-refractivity contribution < 1.29 is 22.3 Å². The monoisotopic (exact) mass is 249 g/mol. The van der Waals surface area contributed by atoms with Crippen LogP contribution in [0.1, 0.15) is 16.6 Å². The molecule has 1 atom stereocenters. The predicted molar refractivity (Wildman–Crippen MR) is 53.2 cm³/mol. The van der Waals surface area contributed by atoms with Gasteiger partial charge in [0, 0.05) is 17.2 Å². The van der Waals surface area contributed by atoms with Crippen molar-refractivity contribution in [3.05, 3.63) is 39.4 Å². The third-order valence-electron chi connectivity index (χ3n) is 1.95. The molecule has 1 unspecified atom stereocenters. The van der Waals surface area contributed by atoms with E-state index in [1.165, 1.54) is 13.0 Å². The highest BCUT2D eigenvalue weighted by atomic mass is 32.2. The number of benzene rings is 1. The number of halogens is 1. The Morgan fingerprint density at radius 3 is 2.50 bits per heavy atom. The highest BCUT2D eigenvalue weighted by molar-refractivity contribution is 7.85. The van der Waals surface area contributed by atoms with Crippen molar-refractivity contribution in [3.8, 4) is 0 Å². The van der Waals surface area contributed by atoms with Crippen LogP contribution in [0.4, 0.5) is 10.1 Å². The standard InChI is InChI=1S/C8H8FNO5S/c1-5-2-3-6(4-7(5)10(11)12)8(9)16(13,14)15/h2-4,8H,1H3,(H,13,14,15). The molecule has 6 nitrogen and oxygen atoms in total. The van der Waals surface area contributed by atoms with Crippen LogP contribution < -0.4 is 0 Å². The summed E-state index contributed by atoms with van der Waals surface area (Å²) >= 11 is 0. The van der Waals surface area contributed by atoms with Gasteiger partial charge < -0.3 is 0 Å². The van der Waals surface area contributed by atoms with E-state index in [-0.39, 0.29) is 5.56 Å². The lowest BCUT2D eigenvalue weighted by Crippen LogP contribution is -2.07. The molecule has 0 bridgehead atoms. The quantitative estimate of drug-likeness (QED) is 0.500. The number of nitro benzene ring substituents is 1. The van der Waals surface area contributed by atoms with Gasteiger partial charge in [0.2, 0.25) is 0 Å². The van der Waals surface area contributed by atoms with Crippen LogP contribution in [-0.4, -0.2) is 17.9 Å². The lowest BCUT2D eigenvalue weighted by Gasteiger charge is -2.05. The normalized spacial score (nSPS) is 13.4. The van der Waals surface area contributed by atoms with E-state index in [2.05, 4.69) is 0 Å². The van der Waals surface area contributed by atoms with E-state index in [0.29, 0.717) is 0 Å². The summed E-state index contributed by atoms with van der Waals surface area (Å²) in [6.07, 6.45) is 0. The molecular weight excluding hydrogens is 241 g/mol. The van der Waals surface area contributed by atoms with E-state index in [1.807, 2.05) is 0 Å². The summed E-state index contributed by atoms with van der Waals surface area (Å²) in [6.45, 7) is 1.43. The molecule has 0 amide bonds. The molecule has 16 heavy (non-hydrogen) atoms. The van der Waals surface area contributed by atoms with E-state index in [4.69, 9.17) is 4.55 Å². The molecule has 0 radical (unpaired) electrons. The van der Waals surface area contributed by atoms with Crippen LogP contribution in [-0.2, 0) is 10.1 Å². The molecular formula is C8H8FNO5S. The number of rotatable bonds is 3. The number of nitrogens with zero attached hydrogens (tertiary/aromatic N) is 1. The van der Waals surface area contributed by atoms with Crippen molar-refractivity contribution in [3.63, 3.8) is 0 Å². The topological polar surface area (TPSA) is 97.5 Å². The molecule has 0 saturated carbocycles. The lowest BCUT2D eigenvalue weighted by molar-refractivity contribution is -0.385. The highest BCUT2D eigenvalue weighted by Gasteiger charge is 2.26. The van der Waals surface area contributed by atoms with Crippen LogP contribution in [0.15, 0.2) is 18.2 Å². The second-order valence-electron chi connectivity index (χ2n) is 3.13. The van der Waals surface area contributed by atoms with E-state index >= 15 is 0 Å². The Labute approximate surface area is 90.6 Å². The fourth-order valence-corrected chi connectivity index (χ4v) is 1.63. The minimum absolute atomic E-state index is 0.274. The first-order valence-electron chi connectivity index (χ1n) is 4.09. The average molecular weight is 249 g/mol. The van der Waals surface area contributed by atoms with Crippen LogP contribution >= 0.6 is 0 Å². The fourth-order valence-electron chi connectivity index (χ4n) is 1.14. The summed E-state index contributed by atoms with van der Waals surface area (Å²) in [7, 11) is -4.90. The van der Waals surface area contributed by atoms with Gasteiger partial charge in [0.05, 0.1) is 4.92 Å². The number of alkyl halides is 1. The van der Waals surface area contributed by atoms with Gasteiger partial charge in [0.25, 0.3) is 11.2 Å². The zero-order valence-corrected chi connectivity index (χ0v) is 8.94. The SMILES string of the molecule is Cc1ccc(C(F)S(=O)(=O)O)cc1[N+](=O)[O-]. The molecule has 0 aliphatic rings. The van der Waals surface area contributed by atoms with E-state index in [0.717, 1.165) is 12.1 Å². The summed E-state index contributed by atoms with van der Waals surface area (Å²) in [5, 5.41) is 10.5. The van der Waals surface area contributed by atoms with Crippen LogP contribution in [0.3, 0.4) is 0 Å². The van der Waals surface area contributed by atoms with Crippen LogP contribution in [0.2, 0.25) is 0 Å². The smallest absolute Gasteiger partial charge is 0.283 e. The maximum Gasteiger partial charge on any atom is 0.301 e. The van der Waals surface area contributed by atoms with Gasteiger partial charge in [-0.2, -0.15) is 8.42 Å². The van der Waals surface area contributed by atoms with Crippen molar-refractivity contribution in [2.75, 3.05) is 0 Å².